The minimum atomic E-state index is -1.20. The maximum atomic E-state index is 12.3. The van der Waals surface area contributed by atoms with Gasteiger partial charge in [0.15, 0.2) is 0 Å². The molecule has 1 rings (SSSR count). The van der Waals surface area contributed by atoms with Crippen molar-refractivity contribution in [2.45, 2.75) is 45.3 Å². The van der Waals surface area contributed by atoms with Gasteiger partial charge >= 0.3 is 5.97 Å². The van der Waals surface area contributed by atoms with Crippen LogP contribution in [0.15, 0.2) is 12.5 Å². The maximum absolute atomic E-state index is 12.3. The summed E-state index contributed by atoms with van der Waals surface area (Å²) in [7, 11) is 0. The molecule has 3 atom stereocenters. The number of carboxylic acids is 1. The van der Waals surface area contributed by atoms with Gasteiger partial charge in [-0.1, -0.05) is 13.8 Å². The van der Waals surface area contributed by atoms with Crippen molar-refractivity contribution in [1.29, 1.82) is 0 Å². The molecule has 0 saturated heterocycles. The van der Waals surface area contributed by atoms with Crippen molar-refractivity contribution in [2.75, 3.05) is 6.54 Å². The van der Waals surface area contributed by atoms with Crippen molar-refractivity contribution < 1.29 is 24.3 Å². The Bertz CT molecular complexity index is 660. The van der Waals surface area contributed by atoms with E-state index in [-0.39, 0.29) is 18.9 Å². The largest absolute Gasteiger partial charge is 0.480 e. The Labute approximate surface area is 156 Å². The quantitative estimate of drug-likeness (QED) is 0.274. The Kier molecular flexibility index (Phi) is 8.39. The molecule has 0 radical (unpaired) electrons. The van der Waals surface area contributed by atoms with Crippen LogP contribution in [0.4, 0.5) is 0 Å². The Balaban J connectivity index is 2.69. The topological polar surface area (TPSA) is 179 Å². The van der Waals surface area contributed by atoms with E-state index in [2.05, 4.69) is 25.9 Å². The van der Waals surface area contributed by atoms with E-state index in [0.29, 0.717) is 5.69 Å². The predicted octanol–water partition coefficient (Wildman–Crippen LogP) is -1.87. The molecule has 27 heavy (non-hydrogen) atoms. The summed E-state index contributed by atoms with van der Waals surface area (Å²) in [6.45, 7) is 4.50. The molecule has 0 aliphatic heterocycles. The smallest absolute Gasteiger partial charge is 0.325 e. The van der Waals surface area contributed by atoms with Gasteiger partial charge in [0.1, 0.15) is 12.1 Å². The number of rotatable bonds is 10. The molecule has 0 fully saturated rings. The SMILES string of the molecule is CC(NC(=O)C(Cc1cnc[nH]1)NC(=O)CNC(=O)C(N)C(C)C)C(=O)O. The highest BCUT2D eigenvalue weighted by atomic mass is 16.4. The van der Waals surface area contributed by atoms with Crippen LogP contribution in [0.1, 0.15) is 26.5 Å². The lowest BCUT2D eigenvalue weighted by Gasteiger charge is -2.20. The van der Waals surface area contributed by atoms with E-state index >= 15 is 0 Å². The first-order chi connectivity index (χ1) is 12.6. The molecule has 0 aliphatic carbocycles. The number of aromatic nitrogens is 2. The van der Waals surface area contributed by atoms with Gasteiger partial charge in [0.25, 0.3) is 0 Å². The van der Waals surface area contributed by atoms with Crippen LogP contribution >= 0.6 is 0 Å². The zero-order valence-electron chi connectivity index (χ0n) is 15.5. The van der Waals surface area contributed by atoms with Crippen LogP contribution in [-0.2, 0) is 25.6 Å². The van der Waals surface area contributed by atoms with Gasteiger partial charge < -0.3 is 31.8 Å². The molecule has 11 nitrogen and oxygen atoms in total. The fraction of sp³-hybridized carbons (Fsp3) is 0.562. The summed E-state index contributed by atoms with van der Waals surface area (Å²) in [5.41, 5.74) is 6.27. The van der Waals surface area contributed by atoms with Gasteiger partial charge in [-0.2, -0.15) is 0 Å². The Morgan fingerprint density at radius 1 is 1.19 bits per heavy atom. The molecule has 1 heterocycles. The first kappa shape index (κ1) is 22.1. The van der Waals surface area contributed by atoms with Crippen LogP contribution in [-0.4, -0.2) is 63.4 Å². The van der Waals surface area contributed by atoms with Crippen molar-refractivity contribution in [1.82, 2.24) is 25.9 Å². The molecule has 0 spiro atoms. The van der Waals surface area contributed by atoms with Crippen molar-refractivity contribution in [2.24, 2.45) is 11.7 Å². The second kappa shape index (κ2) is 10.3. The highest BCUT2D eigenvalue weighted by molar-refractivity contribution is 5.92. The number of imidazole rings is 1. The number of nitrogens with zero attached hydrogens (tertiary/aromatic N) is 1. The van der Waals surface area contributed by atoms with E-state index in [9.17, 15) is 19.2 Å². The minimum Gasteiger partial charge on any atom is -0.480 e. The van der Waals surface area contributed by atoms with Crippen LogP contribution < -0.4 is 21.7 Å². The number of hydrogen-bond acceptors (Lipinski definition) is 6. The van der Waals surface area contributed by atoms with E-state index in [4.69, 9.17) is 10.8 Å². The number of carbonyl (C=O) groups is 4. The number of nitrogens with one attached hydrogen (secondary N) is 4. The summed E-state index contributed by atoms with van der Waals surface area (Å²) in [5, 5.41) is 16.1. The summed E-state index contributed by atoms with van der Waals surface area (Å²) in [6.07, 6.45) is 2.97. The standard InChI is InChI=1S/C16H26N6O5/c1-8(2)13(17)15(25)19-6-12(23)22-11(4-10-5-18-7-20-10)14(24)21-9(3)16(26)27/h5,7-9,11,13H,4,6,17H2,1-3H3,(H,18,20)(H,19,25)(H,21,24)(H,22,23)(H,26,27). The first-order valence-electron chi connectivity index (χ1n) is 8.44. The Hall–Kier alpha value is -2.95. The molecule has 0 aliphatic rings. The van der Waals surface area contributed by atoms with Gasteiger partial charge in [-0.25, -0.2) is 4.98 Å². The Morgan fingerprint density at radius 2 is 1.85 bits per heavy atom. The van der Waals surface area contributed by atoms with E-state index in [1.807, 2.05) is 0 Å². The molecule has 7 N–H and O–H groups in total. The van der Waals surface area contributed by atoms with Crippen LogP contribution in [0.25, 0.3) is 0 Å². The fourth-order valence-electron chi connectivity index (χ4n) is 2.03. The van der Waals surface area contributed by atoms with Crippen LogP contribution in [0, 0.1) is 5.92 Å². The molecule has 1 aromatic heterocycles. The second-order valence-corrected chi connectivity index (χ2v) is 6.46. The molecule has 0 aromatic carbocycles. The summed E-state index contributed by atoms with van der Waals surface area (Å²) in [5.74, 6) is -3.05. The number of aliphatic carboxylic acids is 1. The summed E-state index contributed by atoms with van der Waals surface area (Å²) < 4.78 is 0. The lowest BCUT2D eigenvalue weighted by atomic mass is 10.1. The molecule has 0 saturated carbocycles. The third kappa shape index (κ3) is 7.44. The molecule has 3 amide bonds. The zero-order chi connectivity index (χ0) is 20.6. The number of aromatic amines is 1. The number of amides is 3. The van der Waals surface area contributed by atoms with Crippen molar-refractivity contribution in [3.8, 4) is 0 Å². The highest BCUT2D eigenvalue weighted by Crippen LogP contribution is 2.00. The van der Waals surface area contributed by atoms with Gasteiger partial charge in [-0.3, -0.25) is 19.2 Å². The fourth-order valence-corrected chi connectivity index (χ4v) is 2.03. The normalized spacial score (nSPS) is 14.1. The van der Waals surface area contributed by atoms with Gasteiger partial charge in [0.2, 0.25) is 17.7 Å². The molecule has 1 aromatic rings. The predicted molar refractivity (Wildman–Crippen MR) is 95.3 cm³/mol. The number of carbonyl (C=O) groups excluding carboxylic acids is 3. The second-order valence-electron chi connectivity index (χ2n) is 6.46. The molecular weight excluding hydrogens is 356 g/mol. The van der Waals surface area contributed by atoms with Crippen molar-refractivity contribution in [3.63, 3.8) is 0 Å². The van der Waals surface area contributed by atoms with E-state index in [0.717, 1.165) is 0 Å². The monoisotopic (exact) mass is 382 g/mol. The molecule has 150 valence electrons. The third-order valence-electron chi connectivity index (χ3n) is 3.80. The summed E-state index contributed by atoms with van der Waals surface area (Å²) >= 11 is 0. The number of nitrogens with two attached hydrogens (primary N) is 1. The van der Waals surface area contributed by atoms with Gasteiger partial charge in [-0.15, -0.1) is 0 Å². The zero-order valence-corrected chi connectivity index (χ0v) is 15.5. The average molecular weight is 382 g/mol. The third-order valence-corrected chi connectivity index (χ3v) is 3.80. The van der Waals surface area contributed by atoms with E-state index in [1.54, 1.807) is 13.8 Å². The van der Waals surface area contributed by atoms with Gasteiger partial charge in [0.05, 0.1) is 18.9 Å². The van der Waals surface area contributed by atoms with Crippen LogP contribution in [0.2, 0.25) is 0 Å². The van der Waals surface area contributed by atoms with Crippen LogP contribution in [0.5, 0.6) is 0 Å². The lowest BCUT2D eigenvalue weighted by Crippen LogP contribution is -2.54. The highest BCUT2D eigenvalue weighted by Gasteiger charge is 2.25. The summed E-state index contributed by atoms with van der Waals surface area (Å²) in [6, 6.07) is -2.92. The number of H-pyrrole nitrogens is 1. The summed E-state index contributed by atoms with van der Waals surface area (Å²) in [4.78, 5) is 53.8. The Morgan fingerprint density at radius 3 is 2.37 bits per heavy atom. The maximum Gasteiger partial charge on any atom is 0.325 e. The molecule has 0 bridgehead atoms. The van der Waals surface area contributed by atoms with Crippen molar-refractivity contribution in [3.05, 3.63) is 18.2 Å². The minimum absolute atomic E-state index is 0.0728. The van der Waals surface area contributed by atoms with E-state index < -0.39 is 41.8 Å². The average Bonchev–Trinajstić information content (AvgIpc) is 3.11. The van der Waals surface area contributed by atoms with Gasteiger partial charge in [-0.05, 0) is 12.8 Å². The molecule has 11 heteroatoms. The van der Waals surface area contributed by atoms with Crippen molar-refractivity contribution >= 4 is 23.7 Å². The number of carboxylic acid groups (broad SMARTS) is 1. The molecule has 3 unspecified atom stereocenters. The first-order valence-corrected chi connectivity index (χ1v) is 8.44. The van der Waals surface area contributed by atoms with Gasteiger partial charge in [0, 0.05) is 18.3 Å². The van der Waals surface area contributed by atoms with Crippen LogP contribution in [0.3, 0.4) is 0 Å². The molecular formula is C16H26N6O5. The number of hydrogen-bond donors (Lipinski definition) is 6. The lowest BCUT2D eigenvalue weighted by molar-refractivity contribution is -0.141. The van der Waals surface area contributed by atoms with E-state index in [1.165, 1.54) is 19.4 Å².